The Morgan fingerprint density at radius 3 is 2.77 bits per heavy atom. The minimum Gasteiger partial charge on any atom is -0.346 e. The number of piperidine rings is 1. The molecule has 0 aromatic carbocycles. The van der Waals surface area contributed by atoms with Crippen molar-refractivity contribution in [3.05, 3.63) is 30.2 Å². The van der Waals surface area contributed by atoms with Crippen LogP contribution in [-0.2, 0) is 4.79 Å². The number of halogens is 2. The van der Waals surface area contributed by atoms with E-state index in [2.05, 4.69) is 20.8 Å². The molecule has 0 spiro atoms. The molecular formula is C14H21Cl2N5O. The monoisotopic (exact) mass is 345 g/mol. The van der Waals surface area contributed by atoms with Crippen molar-refractivity contribution in [2.75, 3.05) is 13.1 Å². The van der Waals surface area contributed by atoms with Crippen LogP contribution in [-0.4, -0.2) is 33.6 Å². The molecule has 2 N–H and O–H groups in total. The highest BCUT2D eigenvalue weighted by Crippen LogP contribution is 2.16. The van der Waals surface area contributed by atoms with Crippen LogP contribution in [0.1, 0.15) is 31.6 Å². The van der Waals surface area contributed by atoms with Crippen LogP contribution in [0.3, 0.4) is 0 Å². The number of amides is 1. The minimum atomic E-state index is -0.144. The summed E-state index contributed by atoms with van der Waals surface area (Å²) in [4.78, 5) is 12.2. The lowest BCUT2D eigenvalue weighted by atomic mass is 9.97. The van der Waals surface area contributed by atoms with Crippen LogP contribution in [0.4, 0.5) is 0 Å². The lowest BCUT2D eigenvalue weighted by Gasteiger charge is -2.23. The second-order valence-corrected chi connectivity index (χ2v) is 5.24. The number of hydrogen-bond donors (Lipinski definition) is 2. The lowest BCUT2D eigenvalue weighted by Crippen LogP contribution is -2.39. The van der Waals surface area contributed by atoms with E-state index in [9.17, 15) is 4.79 Å². The van der Waals surface area contributed by atoms with Gasteiger partial charge in [-0.05, 0) is 45.0 Å². The standard InChI is InChI=1S/C14H19N5O.2ClH/c1-10(16-14(20)11-5-7-15-8-6-11)13-18-17-12-4-2-3-9-19(12)13;;/h2-4,9-11,15H,5-8H2,1H3,(H,16,20);2*1H. The first-order valence-corrected chi connectivity index (χ1v) is 7.06. The third-order valence-corrected chi connectivity index (χ3v) is 3.80. The summed E-state index contributed by atoms with van der Waals surface area (Å²) in [5, 5.41) is 14.6. The van der Waals surface area contributed by atoms with Crippen LogP contribution in [0, 0.1) is 5.92 Å². The van der Waals surface area contributed by atoms with Crippen LogP contribution in [0.2, 0.25) is 0 Å². The molecule has 3 heterocycles. The van der Waals surface area contributed by atoms with Gasteiger partial charge in [-0.1, -0.05) is 6.07 Å². The Bertz CT molecular complexity index is 612. The number of hydrogen-bond acceptors (Lipinski definition) is 4. The molecule has 1 unspecified atom stereocenters. The normalized spacial score (nSPS) is 16.4. The van der Waals surface area contributed by atoms with Gasteiger partial charge >= 0.3 is 0 Å². The Balaban J connectivity index is 0.00000121. The van der Waals surface area contributed by atoms with E-state index in [1.54, 1.807) is 0 Å². The molecule has 1 fully saturated rings. The van der Waals surface area contributed by atoms with E-state index >= 15 is 0 Å². The van der Waals surface area contributed by atoms with Crippen LogP contribution in [0.15, 0.2) is 24.4 Å². The third kappa shape index (κ3) is 3.88. The number of nitrogens with one attached hydrogen (secondary N) is 2. The molecule has 0 aliphatic carbocycles. The van der Waals surface area contributed by atoms with E-state index in [-0.39, 0.29) is 42.7 Å². The summed E-state index contributed by atoms with van der Waals surface area (Å²) in [6.07, 6.45) is 3.72. The Morgan fingerprint density at radius 1 is 1.32 bits per heavy atom. The van der Waals surface area contributed by atoms with E-state index in [4.69, 9.17) is 0 Å². The average Bonchev–Trinajstić information content (AvgIpc) is 2.92. The van der Waals surface area contributed by atoms with Crippen molar-refractivity contribution in [3.8, 4) is 0 Å². The first-order valence-electron chi connectivity index (χ1n) is 7.06. The molecular weight excluding hydrogens is 325 g/mol. The molecule has 8 heteroatoms. The Hall–Kier alpha value is -1.37. The zero-order valence-electron chi connectivity index (χ0n) is 12.4. The van der Waals surface area contributed by atoms with Gasteiger partial charge in [-0.25, -0.2) is 0 Å². The summed E-state index contributed by atoms with van der Waals surface area (Å²) in [7, 11) is 0. The van der Waals surface area contributed by atoms with Crippen molar-refractivity contribution >= 4 is 36.4 Å². The van der Waals surface area contributed by atoms with E-state index in [0.717, 1.165) is 37.4 Å². The number of fused-ring (bicyclic) bond motifs is 1. The van der Waals surface area contributed by atoms with E-state index in [1.165, 1.54) is 0 Å². The molecule has 1 atom stereocenters. The number of carbonyl (C=O) groups excluding carboxylic acids is 1. The first kappa shape index (κ1) is 18.7. The number of nitrogens with zero attached hydrogens (tertiary/aromatic N) is 3. The van der Waals surface area contributed by atoms with Gasteiger partial charge in [-0.3, -0.25) is 9.20 Å². The van der Waals surface area contributed by atoms with Gasteiger partial charge in [0.2, 0.25) is 5.91 Å². The summed E-state index contributed by atoms with van der Waals surface area (Å²) in [5.74, 6) is 0.993. The molecule has 3 rings (SSSR count). The van der Waals surface area contributed by atoms with Crippen molar-refractivity contribution < 1.29 is 4.79 Å². The smallest absolute Gasteiger partial charge is 0.223 e. The maximum absolute atomic E-state index is 12.2. The topological polar surface area (TPSA) is 71.3 Å². The summed E-state index contributed by atoms with van der Waals surface area (Å²) < 4.78 is 1.91. The summed E-state index contributed by atoms with van der Waals surface area (Å²) in [5.41, 5.74) is 0.797. The molecule has 1 amide bonds. The summed E-state index contributed by atoms with van der Waals surface area (Å²) in [6, 6.07) is 5.61. The van der Waals surface area contributed by atoms with Gasteiger partial charge in [-0.15, -0.1) is 35.0 Å². The van der Waals surface area contributed by atoms with E-state index < -0.39 is 0 Å². The summed E-state index contributed by atoms with van der Waals surface area (Å²) >= 11 is 0. The molecule has 122 valence electrons. The van der Waals surface area contributed by atoms with Crippen LogP contribution in [0.25, 0.3) is 5.65 Å². The fourth-order valence-corrected chi connectivity index (χ4v) is 2.64. The Labute approximate surface area is 141 Å². The molecule has 22 heavy (non-hydrogen) atoms. The number of aromatic nitrogens is 3. The van der Waals surface area contributed by atoms with Crippen molar-refractivity contribution in [2.24, 2.45) is 5.92 Å². The van der Waals surface area contributed by atoms with Gasteiger partial charge in [0.1, 0.15) is 0 Å². The molecule has 2 aromatic heterocycles. The highest BCUT2D eigenvalue weighted by molar-refractivity contribution is 5.85. The van der Waals surface area contributed by atoms with E-state index in [0.29, 0.717) is 0 Å². The lowest BCUT2D eigenvalue weighted by molar-refractivity contribution is -0.126. The van der Waals surface area contributed by atoms with Crippen molar-refractivity contribution in [1.82, 2.24) is 25.2 Å². The predicted octanol–water partition coefficient (Wildman–Crippen LogP) is 1.75. The molecule has 0 bridgehead atoms. The maximum Gasteiger partial charge on any atom is 0.223 e. The highest BCUT2D eigenvalue weighted by atomic mass is 35.5. The van der Waals surface area contributed by atoms with Crippen LogP contribution in [0.5, 0.6) is 0 Å². The van der Waals surface area contributed by atoms with Crippen molar-refractivity contribution in [2.45, 2.75) is 25.8 Å². The Morgan fingerprint density at radius 2 is 2.05 bits per heavy atom. The number of pyridine rings is 1. The second kappa shape index (κ2) is 8.31. The maximum atomic E-state index is 12.2. The number of carbonyl (C=O) groups is 1. The average molecular weight is 346 g/mol. The Kier molecular flexibility index (Phi) is 7.06. The molecule has 1 aliphatic heterocycles. The second-order valence-electron chi connectivity index (χ2n) is 5.24. The van der Waals surface area contributed by atoms with Gasteiger partial charge in [0, 0.05) is 12.1 Å². The molecule has 2 aromatic rings. The third-order valence-electron chi connectivity index (χ3n) is 3.80. The fraction of sp³-hybridized carbons (Fsp3) is 0.500. The van der Waals surface area contributed by atoms with Gasteiger partial charge < -0.3 is 10.6 Å². The van der Waals surface area contributed by atoms with Gasteiger partial charge in [0.05, 0.1) is 6.04 Å². The highest BCUT2D eigenvalue weighted by Gasteiger charge is 2.23. The van der Waals surface area contributed by atoms with Gasteiger partial charge in [0.25, 0.3) is 0 Å². The predicted molar refractivity (Wildman–Crippen MR) is 89.6 cm³/mol. The van der Waals surface area contributed by atoms with Crippen molar-refractivity contribution in [3.63, 3.8) is 0 Å². The first-order chi connectivity index (χ1) is 9.75. The van der Waals surface area contributed by atoms with Gasteiger partial charge in [0.15, 0.2) is 11.5 Å². The zero-order valence-corrected chi connectivity index (χ0v) is 14.0. The van der Waals surface area contributed by atoms with Crippen molar-refractivity contribution in [1.29, 1.82) is 0 Å². The largest absolute Gasteiger partial charge is 0.346 e. The quantitative estimate of drug-likeness (QED) is 0.888. The number of rotatable bonds is 3. The van der Waals surface area contributed by atoms with Gasteiger partial charge in [-0.2, -0.15) is 0 Å². The molecule has 0 radical (unpaired) electrons. The zero-order chi connectivity index (χ0) is 13.9. The molecule has 1 aliphatic rings. The molecule has 1 saturated heterocycles. The van der Waals surface area contributed by atoms with Crippen LogP contribution >= 0.6 is 24.8 Å². The molecule has 0 saturated carbocycles. The molecule has 6 nitrogen and oxygen atoms in total. The fourth-order valence-electron chi connectivity index (χ4n) is 2.64. The summed E-state index contributed by atoms with van der Waals surface area (Å²) in [6.45, 7) is 3.78. The van der Waals surface area contributed by atoms with E-state index in [1.807, 2.05) is 35.7 Å². The minimum absolute atomic E-state index is 0. The SMILES string of the molecule is CC(NC(=O)C1CCNCC1)c1nnc2ccccn12.Cl.Cl. The van der Waals surface area contributed by atoms with Crippen LogP contribution < -0.4 is 10.6 Å².